The van der Waals surface area contributed by atoms with Crippen LogP contribution in [0, 0.1) is 0 Å². The summed E-state index contributed by atoms with van der Waals surface area (Å²) in [5, 5.41) is 9.33. The number of carbonyl (C=O) groups excluding carboxylic acids is 2. The first-order valence-electron chi connectivity index (χ1n) is 7.78. The van der Waals surface area contributed by atoms with Gasteiger partial charge in [-0.05, 0) is 43.3 Å². The average Bonchev–Trinajstić information content (AvgIpc) is 2.57. The third kappa shape index (κ3) is 5.28. The van der Waals surface area contributed by atoms with Gasteiger partial charge in [-0.25, -0.2) is 0 Å². The van der Waals surface area contributed by atoms with Gasteiger partial charge >= 0.3 is 0 Å². The number of amides is 2. The minimum atomic E-state index is -0.594. The predicted molar refractivity (Wildman–Crippen MR) is 105 cm³/mol. The van der Waals surface area contributed by atoms with Crippen LogP contribution in [-0.2, 0) is 9.59 Å². The number of ether oxygens (including phenoxy) is 1. The maximum Gasteiger partial charge on any atom is 0.246 e. The largest absolute Gasteiger partial charge is 0.495 e. The minimum Gasteiger partial charge on any atom is -0.495 e. The molecule has 2 rings (SSSR count). The van der Waals surface area contributed by atoms with Gasteiger partial charge in [0.25, 0.3) is 0 Å². The first-order valence-corrected chi connectivity index (χ1v) is 8.54. The van der Waals surface area contributed by atoms with Gasteiger partial charge in [-0.1, -0.05) is 23.2 Å². The molecule has 0 fully saturated rings. The molecule has 2 aromatic carbocycles. The molecule has 0 aromatic heterocycles. The molecule has 1 unspecified atom stereocenters. The van der Waals surface area contributed by atoms with Gasteiger partial charge in [0.2, 0.25) is 11.8 Å². The van der Waals surface area contributed by atoms with Crippen LogP contribution in [0.15, 0.2) is 36.4 Å². The minimum absolute atomic E-state index is 0.190. The van der Waals surface area contributed by atoms with Gasteiger partial charge in [0.15, 0.2) is 0 Å². The van der Waals surface area contributed by atoms with E-state index < -0.39 is 6.04 Å². The second-order valence-corrected chi connectivity index (χ2v) is 6.42. The molecule has 26 heavy (non-hydrogen) atoms. The van der Waals surface area contributed by atoms with Gasteiger partial charge in [-0.15, -0.1) is 0 Å². The van der Waals surface area contributed by atoms with Crippen molar-refractivity contribution in [2.24, 2.45) is 0 Å². The van der Waals surface area contributed by atoms with Gasteiger partial charge in [-0.2, -0.15) is 0 Å². The number of anilines is 3. The summed E-state index contributed by atoms with van der Waals surface area (Å²) in [6.45, 7) is 3.12. The Hall–Kier alpha value is -2.44. The monoisotopic (exact) mass is 395 g/mol. The molecule has 0 heterocycles. The molecule has 3 N–H and O–H groups in total. The highest BCUT2D eigenvalue weighted by Gasteiger charge is 2.16. The highest BCUT2D eigenvalue weighted by molar-refractivity contribution is 6.36. The van der Waals surface area contributed by atoms with Crippen LogP contribution in [0.2, 0.25) is 10.0 Å². The van der Waals surface area contributed by atoms with Crippen LogP contribution in [0.5, 0.6) is 5.75 Å². The Morgan fingerprint density at radius 3 is 2.38 bits per heavy atom. The van der Waals surface area contributed by atoms with Gasteiger partial charge in [0.1, 0.15) is 11.8 Å². The van der Waals surface area contributed by atoms with Crippen LogP contribution >= 0.6 is 23.2 Å². The first kappa shape index (κ1) is 19.9. The van der Waals surface area contributed by atoms with E-state index in [1.54, 1.807) is 43.3 Å². The summed E-state index contributed by atoms with van der Waals surface area (Å²) in [5.74, 6) is 0.0637. The quantitative estimate of drug-likeness (QED) is 0.676. The fraction of sp³-hybridized carbons (Fsp3) is 0.222. The molecule has 0 radical (unpaired) electrons. The third-order valence-corrected chi connectivity index (χ3v) is 4.02. The molecule has 0 spiro atoms. The molecule has 2 aromatic rings. The van der Waals surface area contributed by atoms with Gasteiger partial charge < -0.3 is 20.7 Å². The van der Waals surface area contributed by atoms with Crippen molar-refractivity contribution < 1.29 is 14.3 Å². The van der Waals surface area contributed by atoms with Crippen LogP contribution in [0.3, 0.4) is 0 Å². The summed E-state index contributed by atoms with van der Waals surface area (Å²) >= 11 is 11.9. The van der Waals surface area contributed by atoms with E-state index in [4.69, 9.17) is 27.9 Å². The highest BCUT2D eigenvalue weighted by atomic mass is 35.5. The van der Waals surface area contributed by atoms with Gasteiger partial charge in [0.05, 0.1) is 23.5 Å². The second kappa shape index (κ2) is 8.78. The zero-order valence-electron chi connectivity index (χ0n) is 14.5. The normalized spacial score (nSPS) is 11.4. The lowest BCUT2D eigenvalue weighted by atomic mass is 10.2. The van der Waals surface area contributed by atoms with E-state index in [0.29, 0.717) is 32.9 Å². The van der Waals surface area contributed by atoms with E-state index in [1.165, 1.54) is 14.0 Å². The number of nitrogens with one attached hydrogen (secondary N) is 3. The van der Waals surface area contributed by atoms with E-state index >= 15 is 0 Å². The summed E-state index contributed by atoms with van der Waals surface area (Å²) in [7, 11) is 1.52. The molecule has 0 saturated carbocycles. The maximum atomic E-state index is 12.4. The topological polar surface area (TPSA) is 79.5 Å². The van der Waals surface area contributed by atoms with Crippen molar-refractivity contribution in [1.29, 1.82) is 0 Å². The summed E-state index contributed by atoms with van der Waals surface area (Å²) in [6, 6.07) is 9.34. The molecule has 8 heteroatoms. The van der Waals surface area contributed by atoms with Crippen LogP contribution in [0.1, 0.15) is 13.8 Å². The lowest BCUT2D eigenvalue weighted by Gasteiger charge is -2.18. The van der Waals surface area contributed by atoms with Crippen molar-refractivity contribution >= 4 is 52.1 Å². The lowest BCUT2D eigenvalue weighted by molar-refractivity contribution is -0.116. The Morgan fingerprint density at radius 2 is 1.77 bits per heavy atom. The molecule has 0 aliphatic heterocycles. The van der Waals surface area contributed by atoms with Crippen molar-refractivity contribution in [2.75, 3.05) is 23.1 Å². The summed E-state index contributed by atoms with van der Waals surface area (Å²) in [6.07, 6.45) is 0. The fourth-order valence-corrected chi connectivity index (χ4v) is 2.69. The van der Waals surface area contributed by atoms with E-state index in [9.17, 15) is 9.59 Å². The number of rotatable bonds is 6. The number of hydrogen-bond donors (Lipinski definition) is 3. The van der Waals surface area contributed by atoms with E-state index in [1.807, 2.05) is 0 Å². The highest BCUT2D eigenvalue weighted by Crippen LogP contribution is 2.29. The molecule has 0 aliphatic rings. The zero-order valence-corrected chi connectivity index (χ0v) is 16.0. The molecule has 1 atom stereocenters. The predicted octanol–water partition coefficient (Wildman–Crippen LogP) is 4.40. The lowest BCUT2D eigenvalue weighted by Crippen LogP contribution is -2.32. The maximum absolute atomic E-state index is 12.4. The standard InChI is InChI=1S/C18H19Cl2N3O3/c1-10(18(25)23-15-6-4-12(19)8-14(15)20)21-16-9-13(22-11(2)24)5-7-17(16)26-3/h4-10,21H,1-3H3,(H,22,24)(H,23,25). The van der Waals surface area contributed by atoms with Crippen molar-refractivity contribution in [3.63, 3.8) is 0 Å². The second-order valence-electron chi connectivity index (χ2n) is 5.58. The number of benzene rings is 2. The Bertz CT molecular complexity index is 827. The Balaban J connectivity index is 2.13. The molecule has 0 saturated heterocycles. The van der Waals surface area contributed by atoms with E-state index in [-0.39, 0.29) is 11.8 Å². The summed E-state index contributed by atoms with van der Waals surface area (Å²) < 4.78 is 5.29. The zero-order chi connectivity index (χ0) is 19.3. The summed E-state index contributed by atoms with van der Waals surface area (Å²) in [5.41, 5.74) is 1.63. The van der Waals surface area contributed by atoms with E-state index in [2.05, 4.69) is 16.0 Å². The molecule has 0 aliphatic carbocycles. The molecule has 6 nitrogen and oxygen atoms in total. The van der Waals surface area contributed by atoms with Gasteiger partial charge in [0, 0.05) is 17.6 Å². The van der Waals surface area contributed by atoms with Crippen LogP contribution in [0.4, 0.5) is 17.1 Å². The molecule has 2 amide bonds. The van der Waals surface area contributed by atoms with Gasteiger partial charge in [-0.3, -0.25) is 9.59 Å². The molecular weight excluding hydrogens is 377 g/mol. The van der Waals surface area contributed by atoms with E-state index in [0.717, 1.165) is 0 Å². The average molecular weight is 396 g/mol. The van der Waals surface area contributed by atoms with Crippen molar-refractivity contribution in [3.8, 4) is 5.75 Å². The third-order valence-electron chi connectivity index (χ3n) is 3.47. The Morgan fingerprint density at radius 1 is 1.04 bits per heavy atom. The Kier molecular flexibility index (Phi) is 6.71. The molecule has 138 valence electrons. The van der Waals surface area contributed by atoms with Crippen molar-refractivity contribution in [2.45, 2.75) is 19.9 Å². The fourth-order valence-electron chi connectivity index (χ4n) is 2.23. The van der Waals surface area contributed by atoms with Crippen LogP contribution in [-0.4, -0.2) is 25.0 Å². The van der Waals surface area contributed by atoms with Crippen LogP contribution in [0.25, 0.3) is 0 Å². The molecular formula is C18H19Cl2N3O3. The smallest absolute Gasteiger partial charge is 0.246 e. The number of methoxy groups -OCH3 is 1. The first-order chi connectivity index (χ1) is 12.3. The Labute approximate surface area is 161 Å². The van der Waals surface area contributed by atoms with Crippen LogP contribution < -0.4 is 20.7 Å². The number of carbonyl (C=O) groups is 2. The molecule has 0 bridgehead atoms. The van der Waals surface area contributed by atoms with Crippen molar-refractivity contribution in [3.05, 3.63) is 46.4 Å². The SMILES string of the molecule is COc1ccc(NC(C)=O)cc1NC(C)C(=O)Nc1ccc(Cl)cc1Cl. The summed E-state index contributed by atoms with van der Waals surface area (Å²) in [4.78, 5) is 23.7. The number of hydrogen-bond acceptors (Lipinski definition) is 4. The van der Waals surface area contributed by atoms with Crippen molar-refractivity contribution in [1.82, 2.24) is 0 Å². The number of halogens is 2.